The lowest BCUT2D eigenvalue weighted by atomic mass is 9.95. The number of nitrogens with one attached hydrogen (secondary N) is 1. The minimum absolute atomic E-state index is 0.478. The predicted molar refractivity (Wildman–Crippen MR) is 171 cm³/mol. The molecule has 0 spiro atoms. The summed E-state index contributed by atoms with van der Waals surface area (Å²) in [5.74, 6) is 0.646. The van der Waals surface area contributed by atoms with Crippen molar-refractivity contribution in [3.05, 3.63) is 108 Å². The van der Waals surface area contributed by atoms with Crippen LogP contribution < -0.4 is 4.90 Å². The van der Waals surface area contributed by atoms with Gasteiger partial charge in [0, 0.05) is 44.0 Å². The van der Waals surface area contributed by atoms with E-state index in [2.05, 4.69) is 147 Å². The molecule has 1 aliphatic rings. The standard InChI is InChI=1S/C36H38N2S/c1-6-28(36-24(5)35-29-16-12-11-13-25(29)17-19-30(35)37-36)26-18-20-31-34(22-26)39-33(7-2)32(21-23(3)4)38(31)27-14-9-8-10-15-27/h6,8-20,22-23,32-33,37H,7,21H2,1-5H3/b28-6-. The van der Waals surface area contributed by atoms with Crippen molar-refractivity contribution < 1.29 is 0 Å². The third-order valence-corrected chi connectivity index (χ3v) is 9.75. The van der Waals surface area contributed by atoms with E-state index in [4.69, 9.17) is 0 Å². The van der Waals surface area contributed by atoms with E-state index in [1.165, 1.54) is 66.8 Å². The van der Waals surface area contributed by atoms with Crippen LogP contribution in [0.3, 0.4) is 0 Å². The Labute approximate surface area is 237 Å². The maximum atomic E-state index is 3.78. The number of rotatable bonds is 6. The molecule has 2 atom stereocenters. The van der Waals surface area contributed by atoms with Gasteiger partial charge in [-0.1, -0.05) is 81.4 Å². The Morgan fingerprint density at radius 1 is 0.974 bits per heavy atom. The molecule has 1 aliphatic heterocycles. The van der Waals surface area contributed by atoms with Crippen LogP contribution in [-0.2, 0) is 0 Å². The van der Waals surface area contributed by atoms with E-state index in [1.807, 2.05) is 0 Å². The fraction of sp³-hybridized carbons (Fsp3) is 0.278. The highest BCUT2D eigenvalue weighted by Gasteiger charge is 2.35. The summed E-state index contributed by atoms with van der Waals surface area (Å²) in [5, 5.41) is 4.47. The Bertz CT molecular complexity index is 1660. The van der Waals surface area contributed by atoms with E-state index in [0.29, 0.717) is 17.2 Å². The average molecular weight is 531 g/mol. The summed E-state index contributed by atoms with van der Waals surface area (Å²) < 4.78 is 0. The number of fused-ring (bicyclic) bond motifs is 4. The van der Waals surface area contributed by atoms with Gasteiger partial charge in [0.2, 0.25) is 0 Å². The lowest BCUT2D eigenvalue weighted by Gasteiger charge is -2.44. The van der Waals surface area contributed by atoms with E-state index in [-0.39, 0.29) is 0 Å². The molecule has 2 heterocycles. The number of hydrogen-bond donors (Lipinski definition) is 1. The number of anilines is 2. The summed E-state index contributed by atoms with van der Waals surface area (Å²) in [7, 11) is 0. The van der Waals surface area contributed by atoms with E-state index < -0.39 is 0 Å². The Morgan fingerprint density at radius 2 is 1.74 bits per heavy atom. The smallest absolute Gasteiger partial charge is 0.0552 e. The highest BCUT2D eigenvalue weighted by molar-refractivity contribution is 8.00. The van der Waals surface area contributed by atoms with E-state index in [1.54, 1.807) is 0 Å². The van der Waals surface area contributed by atoms with Crippen molar-refractivity contribution in [1.29, 1.82) is 0 Å². The second kappa shape index (κ2) is 10.6. The quantitative estimate of drug-likeness (QED) is 0.235. The number of para-hydroxylation sites is 1. The van der Waals surface area contributed by atoms with Crippen molar-refractivity contribution in [3.8, 4) is 0 Å². The molecular weight excluding hydrogens is 492 g/mol. The molecule has 4 aromatic carbocycles. The van der Waals surface area contributed by atoms with Crippen molar-refractivity contribution >= 4 is 50.4 Å². The SMILES string of the molecule is C/C=C(/c1ccc2c(c1)SC(CC)C(CC(C)C)N2c1ccccc1)c1[nH]c2ccc3ccccc3c2c1C. The second-order valence-corrected chi connectivity index (χ2v) is 12.5. The van der Waals surface area contributed by atoms with Crippen molar-refractivity contribution in [2.24, 2.45) is 5.92 Å². The molecule has 39 heavy (non-hydrogen) atoms. The molecule has 2 nitrogen and oxygen atoms in total. The second-order valence-electron chi connectivity index (χ2n) is 11.2. The molecule has 3 heteroatoms. The average Bonchev–Trinajstić information content (AvgIpc) is 3.29. The lowest BCUT2D eigenvalue weighted by molar-refractivity contribution is 0.466. The van der Waals surface area contributed by atoms with Crippen LogP contribution in [0, 0.1) is 12.8 Å². The van der Waals surface area contributed by atoms with Crippen LogP contribution >= 0.6 is 11.8 Å². The zero-order valence-corrected chi connectivity index (χ0v) is 24.5. The van der Waals surface area contributed by atoms with Gasteiger partial charge in [0.05, 0.1) is 5.69 Å². The van der Waals surface area contributed by atoms with Crippen LogP contribution in [0.4, 0.5) is 11.4 Å². The van der Waals surface area contributed by atoms with E-state index in [0.717, 1.165) is 6.42 Å². The largest absolute Gasteiger partial charge is 0.354 e. The van der Waals surface area contributed by atoms with Gasteiger partial charge in [0.15, 0.2) is 0 Å². The van der Waals surface area contributed by atoms with Gasteiger partial charge in [-0.15, -0.1) is 11.8 Å². The number of hydrogen-bond acceptors (Lipinski definition) is 2. The van der Waals surface area contributed by atoms with Crippen LogP contribution in [0.1, 0.15) is 57.4 Å². The molecule has 5 aromatic rings. The molecule has 1 aromatic heterocycles. The van der Waals surface area contributed by atoms with Crippen molar-refractivity contribution in [2.75, 3.05) is 4.90 Å². The third-order valence-electron chi connectivity index (χ3n) is 8.22. The highest BCUT2D eigenvalue weighted by atomic mass is 32.2. The lowest BCUT2D eigenvalue weighted by Crippen LogP contribution is -2.43. The number of nitrogens with zero attached hydrogens (tertiary/aromatic N) is 1. The Morgan fingerprint density at radius 3 is 2.49 bits per heavy atom. The first-order valence-corrected chi connectivity index (χ1v) is 15.2. The Kier molecular flexibility index (Phi) is 7.03. The fourth-order valence-corrected chi connectivity index (χ4v) is 7.80. The first-order valence-electron chi connectivity index (χ1n) is 14.3. The molecule has 0 aliphatic carbocycles. The molecular formula is C36H38N2S. The van der Waals surface area contributed by atoms with Gasteiger partial charge in [-0.2, -0.15) is 0 Å². The van der Waals surface area contributed by atoms with Crippen LogP contribution in [0.15, 0.2) is 95.9 Å². The van der Waals surface area contributed by atoms with Crippen LogP contribution in [0.25, 0.3) is 27.2 Å². The molecule has 0 bridgehead atoms. The van der Waals surface area contributed by atoms with Crippen molar-refractivity contribution in [2.45, 2.75) is 63.6 Å². The summed E-state index contributed by atoms with van der Waals surface area (Å²) in [4.78, 5) is 7.78. The first kappa shape index (κ1) is 25.8. The minimum atomic E-state index is 0.478. The molecule has 0 saturated carbocycles. The third kappa shape index (κ3) is 4.57. The zero-order valence-electron chi connectivity index (χ0n) is 23.7. The van der Waals surface area contributed by atoms with Gasteiger partial charge in [-0.3, -0.25) is 0 Å². The molecule has 0 fully saturated rings. The van der Waals surface area contributed by atoms with Gasteiger partial charge < -0.3 is 9.88 Å². The number of H-pyrrole nitrogens is 1. The van der Waals surface area contributed by atoms with Crippen LogP contribution in [0.2, 0.25) is 0 Å². The normalized spacial score (nSPS) is 17.8. The van der Waals surface area contributed by atoms with Crippen LogP contribution in [-0.4, -0.2) is 16.3 Å². The van der Waals surface area contributed by atoms with E-state index in [9.17, 15) is 0 Å². The van der Waals surface area contributed by atoms with E-state index >= 15 is 0 Å². The van der Waals surface area contributed by atoms with Crippen molar-refractivity contribution in [1.82, 2.24) is 4.98 Å². The van der Waals surface area contributed by atoms with Gasteiger partial charge in [-0.05, 0) is 84.8 Å². The Balaban J connectivity index is 1.47. The van der Waals surface area contributed by atoms with Gasteiger partial charge in [0.25, 0.3) is 0 Å². The summed E-state index contributed by atoms with van der Waals surface area (Å²) in [6.07, 6.45) is 4.60. The zero-order chi connectivity index (χ0) is 27.1. The molecule has 0 radical (unpaired) electrons. The number of thioether (sulfide) groups is 1. The van der Waals surface area contributed by atoms with Gasteiger partial charge in [0.1, 0.15) is 0 Å². The fourth-order valence-electron chi connectivity index (χ4n) is 6.43. The molecule has 6 rings (SSSR count). The summed E-state index contributed by atoms with van der Waals surface area (Å²) in [6, 6.07) is 31.7. The Hall–Kier alpha value is -3.43. The highest BCUT2D eigenvalue weighted by Crippen LogP contribution is 2.49. The number of aromatic amines is 1. The number of aromatic nitrogens is 1. The minimum Gasteiger partial charge on any atom is -0.354 e. The van der Waals surface area contributed by atoms with Gasteiger partial charge >= 0.3 is 0 Å². The molecule has 2 unspecified atom stereocenters. The van der Waals surface area contributed by atoms with Crippen molar-refractivity contribution in [3.63, 3.8) is 0 Å². The summed E-state index contributed by atoms with van der Waals surface area (Å²) >= 11 is 2.07. The predicted octanol–water partition coefficient (Wildman–Crippen LogP) is 10.5. The molecule has 0 amide bonds. The summed E-state index contributed by atoms with van der Waals surface area (Å²) in [6.45, 7) is 11.5. The maximum absolute atomic E-state index is 3.78. The topological polar surface area (TPSA) is 19.0 Å². The van der Waals surface area contributed by atoms with Crippen LogP contribution in [0.5, 0.6) is 0 Å². The number of benzene rings is 4. The summed E-state index contributed by atoms with van der Waals surface area (Å²) in [5.41, 5.74) is 8.89. The molecule has 1 N–H and O–H groups in total. The first-order chi connectivity index (χ1) is 19.0. The molecule has 0 saturated heterocycles. The van der Waals surface area contributed by atoms with Gasteiger partial charge in [-0.25, -0.2) is 0 Å². The maximum Gasteiger partial charge on any atom is 0.0552 e. The monoisotopic (exact) mass is 530 g/mol. The number of aryl methyl sites for hydroxylation is 1. The number of allylic oxidation sites excluding steroid dienone is 1. The molecule has 198 valence electrons.